The van der Waals surface area contributed by atoms with Crippen LogP contribution < -0.4 is 24.4 Å². The Morgan fingerprint density at radius 2 is 1.87 bits per heavy atom. The van der Waals surface area contributed by atoms with Crippen LogP contribution in [-0.2, 0) is 9.53 Å². The monoisotopic (exact) mass is 740 g/mol. The Balaban J connectivity index is 2.07. The number of benzene rings is 2. The number of aromatic nitrogens is 1. The van der Waals surface area contributed by atoms with Gasteiger partial charge in [-0.3, -0.25) is 9.36 Å². The molecule has 3 aromatic rings. The van der Waals surface area contributed by atoms with Crippen LogP contribution in [0.2, 0.25) is 0 Å². The molecule has 1 aliphatic heterocycles. The Bertz CT molecular complexity index is 1630. The smallest absolute Gasteiger partial charge is 0.338 e. The van der Waals surface area contributed by atoms with E-state index in [0.29, 0.717) is 50.7 Å². The molecule has 1 atom stereocenters. The number of fused-ring (bicyclic) bond motifs is 1. The Hall–Kier alpha value is -2.21. The standard InChI is InChI=1S/C28H27Br3N2O5S/c1-5-8-20-23(27(35)38-7-3)24(18-13-16(29)9-10-21(18)36-4)33-26(34)22(39-28(33)32-20)12-15-11-17(30)14-19(31)25(15)37-6-2/h9-14,24H,5-8H2,1-4H3/b22-12+/t24-/m0/s1. The van der Waals surface area contributed by atoms with Crippen LogP contribution in [0, 0.1) is 0 Å². The number of rotatable bonds is 9. The minimum Gasteiger partial charge on any atom is -0.496 e. The van der Waals surface area contributed by atoms with E-state index < -0.39 is 12.0 Å². The Labute approximate surface area is 255 Å². The van der Waals surface area contributed by atoms with E-state index in [1.165, 1.54) is 11.3 Å². The number of carbonyl (C=O) groups is 1. The molecule has 1 aromatic heterocycles. The van der Waals surface area contributed by atoms with Crippen LogP contribution in [0.5, 0.6) is 11.5 Å². The molecule has 7 nitrogen and oxygen atoms in total. The van der Waals surface area contributed by atoms with E-state index in [4.69, 9.17) is 19.2 Å². The van der Waals surface area contributed by atoms with E-state index in [1.54, 1.807) is 24.7 Å². The van der Waals surface area contributed by atoms with Crippen LogP contribution in [0.15, 0.2) is 64.8 Å². The number of hydrogen-bond acceptors (Lipinski definition) is 7. The number of ether oxygens (including phenoxy) is 3. The van der Waals surface area contributed by atoms with Crippen LogP contribution in [0.1, 0.15) is 50.8 Å². The lowest BCUT2D eigenvalue weighted by Crippen LogP contribution is -2.40. The summed E-state index contributed by atoms with van der Waals surface area (Å²) in [5, 5.41) is 0. The molecule has 0 saturated carbocycles. The maximum atomic E-state index is 14.1. The molecule has 1 aliphatic rings. The topological polar surface area (TPSA) is 79.1 Å². The van der Waals surface area contributed by atoms with Gasteiger partial charge in [-0.2, -0.15) is 0 Å². The van der Waals surface area contributed by atoms with E-state index in [9.17, 15) is 9.59 Å². The molecule has 0 aliphatic carbocycles. The van der Waals surface area contributed by atoms with E-state index in [1.807, 2.05) is 44.2 Å². The normalized spacial score (nSPS) is 15.2. The molecule has 206 valence electrons. The number of methoxy groups -OCH3 is 1. The predicted octanol–water partition coefficient (Wildman–Crippen LogP) is 6.27. The molecule has 2 heterocycles. The summed E-state index contributed by atoms with van der Waals surface area (Å²) in [6.07, 6.45) is 3.12. The van der Waals surface area contributed by atoms with Crippen molar-refractivity contribution in [3.05, 3.63) is 85.8 Å². The minimum atomic E-state index is -0.781. The third-order valence-electron chi connectivity index (χ3n) is 5.99. The predicted molar refractivity (Wildman–Crippen MR) is 163 cm³/mol. The van der Waals surface area contributed by atoms with E-state index in [2.05, 4.69) is 47.8 Å². The van der Waals surface area contributed by atoms with Crippen molar-refractivity contribution in [1.82, 2.24) is 4.57 Å². The largest absolute Gasteiger partial charge is 0.496 e. The minimum absolute atomic E-state index is 0.201. The summed E-state index contributed by atoms with van der Waals surface area (Å²) in [5.74, 6) is 0.683. The molecule has 0 unspecified atom stereocenters. The van der Waals surface area contributed by atoms with Crippen molar-refractivity contribution in [3.63, 3.8) is 0 Å². The van der Waals surface area contributed by atoms with Gasteiger partial charge in [0.25, 0.3) is 5.56 Å². The number of carbonyl (C=O) groups excluding carboxylic acids is 1. The van der Waals surface area contributed by atoms with Crippen molar-refractivity contribution in [2.75, 3.05) is 20.3 Å². The van der Waals surface area contributed by atoms with Crippen LogP contribution in [0.25, 0.3) is 6.08 Å². The molecule has 0 N–H and O–H groups in total. The Kier molecular flexibility index (Phi) is 9.90. The fourth-order valence-corrected chi connectivity index (χ4v) is 7.22. The zero-order valence-corrected chi connectivity index (χ0v) is 27.4. The summed E-state index contributed by atoms with van der Waals surface area (Å²) in [4.78, 5) is 32.9. The zero-order chi connectivity index (χ0) is 28.3. The maximum absolute atomic E-state index is 14.1. The van der Waals surface area contributed by atoms with Gasteiger partial charge in [0, 0.05) is 20.1 Å². The number of thiazole rings is 1. The average molecular weight is 743 g/mol. The summed E-state index contributed by atoms with van der Waals surface area (Å²) in [7, 11) is 1.57. The van der Waals surface area contributed by atoms with Gasteiger partial charge in [0.1, 0.15) is 17.5 Å². The van der Waals surface area contributed by atoms with E-state index in [0.717, 1.165) is 25.4 Å². The van der Waals surface area contributed by atoms with Crippen molar-refractivity contribution >= 4 is 71.2 Å². The molecule has 11 heteroatoms. The summed E-state index contributed by atoms with van der Waals surface area (Å²) in [5.41, 5.74) is 2.07. The third-order valence-corrected chi connectivity index (χ3v) is 8.51. The molecule has 0 amide bonds. The molecule has 39 heavy (non-hydrogen) atoms. The molecule has 0 fully saturated rings. The summed E-state index contributed by atoms with van der Waals surface area (Å²) in [6, 6.07) is 8.55. The molecule has 0 bridgehead atoms. The number of esters is 1. The SMILES string of the molecule is CCCC1=C(C(=O)OCC)[C@H](c2cc(Br)ccc2OC)n2c(s/c(=C/c3cc(Br)cc(Br)c3OCC)c2=O)=N1. The second-order valence-electron chi connectivity index (χ2n) is 8.54. The number of nitrogens with zero attached hydrogens (tertiary/aromatic N) is 2. The highest BCUT2D eigenvalue weighted by Crippen LogP contribution is 2.38. The van der Waals surface area contributed by atoms with Crippen molar-refractivity contribution < 1.29 is 19.0 Å². The lowest BCUT2D eigenvalue weighted by atomic mass is 9.93. The molecule has 4 rings (SSSR count). The molecule has 0 radical (unpaired) electrons. The highest BCUT2D eigenvalue weighted by atomic mass is 79.9. The van der Waals surface area contributed by atoms with Crippen molar-refractivity contribution in [2.45, 2.75) is 39.7 Å². The van der Waals surface area contributed by atoms with Crippen LogP contribution in [-0.4, -0.2) is 30.9 Å². The highest BCUT2D eigenvalue weighted by molar-refractivity contribution is 9.11. The van der Waals surface area contributed by atoms with Gasteiger partial charge in [-0.05, 0) is 72.6 Å². The quantitative estimate of drug-likeness (QED) is 0.242. The van der Waals surface area contributed by atoms with Crippen molar-refractivity contribution in [2.24, 2.45) is 4.99 Å². The van der Waals surface area contributed by atoms with Gasteiger partial charge in [0.05, 0.1) is 40.6 Å². The summed E-state index contributed by atoms with van der Waals surface area (Å²) < 4.78 is 21.5. The first-order valence-corrected chi connectivity index (χ1v) is 15.6. The van der Waals surface area contributed by atoms with Gasteiger partial charge in [-0.1, -0.05) is 56.5 Å². The first-order valence-electron chi connectivity index (χ1n) is 12.4. The average Bonchev–Trinajstić information content (AvgIpc) is 3.20. The lowest BCUT2D eigenvalue weighted by molar-refractivity contribution is -0.139. The van der Waals surface area contributed by atoms with Crippen LogP contribution >= 0.6 is 59.1 Å². The first kappa shape index (κ1) is 29.8. The molecular weight excluding hydrogens is 716 g/mol. The van der Waals surface area contributed by atoms with Gasteiger partial charge in [0.2, 0.25) is 0 Å². The fourth-order valence-electron chi connectivity index (χ4n) is 4.46. The van der Waals surface area contributed by atoms with Crippen molar-refractivity contribution in [1.29, 1.82) is 0 Å². The maximum Gasteiger partial charge on any atom is 0.338 e. The van der Waals surface area contributed by atoms with Crippen molar-refractivity contribution in [3.8, 4) is 11.5 Å². The number of halogens is 3. The number of allylic oxidation sites excluding steroid dienone is 1. The van der Waals surface area contributed by atoms with Gasteiger partial charge < -0.3 is 14.2 Å². The van der Waals surface area contributed by atoms with Gasteiger partial charge in [-0.15, -0.1) is 0 Å². The molecular formula is C28H27Br3N2O5S. The van der Waals surface area contributed by atoms with Crippen LogP contribution in [0.3, 0.4) is 0 Å². The lowest BCUT2D eigenvalue weighted by Gasteiger charge is -2.27. The summed E-state index contributed by atoms with van der Waals surface area (Å²) in [6.45, 7) is 6.36. The second kappa shape index (κ2) is 13.0. The second-order valence-corrected chi connectivity index (χ2v) is 12.2. The summed E-state index contributed by atoms with van der Waals surface area (Å²) >= 11 is 11.9. The Morgan fingerprint density at radius 3 is 2.54 bits per heavy atom. The third kappa shape index (κ3) is 6.11. The van der Waals surface area contributed by atoms with Crippen LogP contribution in [0.4, 0.5) is 0 Å². The van der Waals surface area contributed by atoms with Gasteiger partial charge in [0.15, 0.2) is 4.80 Å². The molecule has 0 spiro atoms. The highest BCUT2D eigenvalue weighted by Gasteiger charge is 2.36. The fraction of sp³-hybridized carbons (Fsp3) is 0.321. The Morgan fingerprint density at radius 1 is 1.10 bits per heavy atom. The molecule has 0 saturated heterocycles. The first-order chi connectivity index (χ1) is 18.7. The molecule has 2 aromatic carbocycles. The van der Waals surface area contributed by atoms with Gasteiger partial charge >= 0.3 is 5.97 Å². The van der Waals surface area contributed by atoms with Gasteiger partial charge in [-0.25, -0.2) is 9.79 Å². The van der Waals surface area contributed by atoms with E-state index >= 15 is 0 Å². The number of hydrogen-bond donors (Lipinski definition) is 0. The van der Waals surface area contributed by atoms with E-state index in [-0.39, 0.29) is 12.2 Å². The zero-order valence-electron chi connectivity index (χ0n) is 21.8.